The summed E-state index contributed by atoms with van der Waals surface area (Å²) in [5, 5.41) is 13.6. The van der Waals surface area contributed by atoms with Crippen molar-refractivity contribution >= 4 is 21.6 Å². The SMILES string of the molecule is Cc1ccc(NCC(C)(O)CBr)cc1C. The number of anilines is 1. The highest BCUT2D eigenvalue weighted by molar-refractivity contribution is 9.09. The van der Waals surface area contributed by atoms with Gasteiger partial charge in [-0.05, 0) is 44.0 Å². The quantitative estimate of drug-likeness (QED) is 0.826. The lowest BCUT2D eigenvalue weighted by Gasteiger charge is -2.21. The average Bonchev–Trinajstić information content (AvgIpc) is 2.20. The predicted octanol–water partition coefficient (Wildman–Crippen LogP) is 2.86. The summed E-state index contributed by atoms with van der Waals surface area (Å²) in [7, 11) is 0. The molecule has 0 aliphatic carbocycles. The van der Waals surface area contributed by atoms with E-state index in [4.69, 9.17) is 0 Å². The lowest BCUT2D eigenvalue weighted by atomic mass is 10.1. The number of aliphatic hydroxyl groups is 1. The van der Waals surface area contributed by atoms with Crippen LogP contribution in [0.3, 0.4) is 0 Å². The van der Waals surface area contributed by atoms with Gasteiger partial charge >= 0.3 is 0 Å². The van der Waals surface area contributed by atoms with Gasteiger partial charge in [-0.25, -0.2) is 0 Å². The second-order valence-corrected chi connectivity index (χ2v) is 4.84. The summed E-state index contributed by atoms with van der Waals surface area (Å²) in [6, 6.07) is 6.22. The molecule has 0 amide bonds. The number of benzene rings is 1. The number of alkyl halides is 1. The minimum atomic E-state index is -0.710. The zero-order chi connectivity index (χ0) is 11.5. The summed E-state index contributed by atoms with van der Waals surface area (Å²) in [4.78, 5) is 0. The van der Waals surface area contributed by atoms with Crippen molar-refractivity contribution in [2.75, 3.05) is 17.2 Å². The molecule has 0 spiro atoms. The molecule has 0 radical (unpaired) electrons. The highest BCUT2D eigenvalue weighted by atomic mass is 79.9. The van der Waals surface area contributed by atoms with Gasteiger partial charge in [0.05, 0.1) is 5.60 Å². The first-order chi connectivity index (χ1) is 6.94. The molecular formula is C12H18BrNO. The van der Waals surface area contributed by atoms with Crippen molar-refractivity contribution < 1.29 is 5.11 Å². The van der Waals surface area contributed by atoms with Crippen LogP contribution in [0.2, 0.25) is 0 Å². The topological polar surface area (TPSA) is 32.3 Å². The Balaban J connectivity index is 2.62. The van der Waals surface area contributed by atoms with Crippen molar-refractivity contribution in [3.05, 3.63) is 29.3 Å². The van der Waals surface area contributed by atoms with Crippen LogP contribution in [-0.4, -0.2) is 22.6 Å². The van der Waals surface area contributed by atoms with Crippen LogP contribution < -0.4 is 5.32 Å². The number of halogens is 1. The maximum atomic E-state index is 9.80. The predicted molar refractivity (Wildman–Crippen MR) is 68.8 cm³/mol. The van der Waals surface area contributed by atoms with Crippen LogP contribution in [-0.2, 0) is 0 Å². The van der Waals surface area contributed by atoms with E-state index in [1.54, 1.807) is 6.92 Å². The molecule has 1 aromatic rings. The monoisotopic (exact) mass is 271 g/mol. The molecule has 3 heteroatoms. The van der Waals surface area contributed by atoms with Gasteiger partial charge in [0.25, 0.3) is 0 Å². The first-order valence-corrected chi connectivity index (χ1v) is 6.16. The Morgan fingerprint density at radius 1 is 1.33 bits per heavy atom. The van der Waals surface area contributed by atoms with Crippen LogP contribution in [0, 0.1) is 13.8 Å². The maximum Gasteiger partial charge on any atom is 0.0887 e. The summed E-state index contributed by atoms with van der Waals surface area (Å²) in [6.07, 6.45) is 0. The van der Waals surface area contributed by atoms with Crippen LogP contribution >= 0.6 is 15.9 Å². The molecule has 0 fully saturated rings. The van der Waals surface area contributed by atoms with Gasteiger partial charge < -0.3 is 10.4 Å². The number of nitrogens with one attached hydrogen (secondary N) is 1. The van der Waals surface area contributed by atoms with Gasteiger partial charge in [0, 0.05) is 17.6 Å². The van der Waals surface area contributed by atoms with Crippen molar-refractivity contribution in [1.29, 1.82) is 0 Å². The van der Waals surface area contributed by atoms with E-state index in [1.807, 2.05) is 6.07 Å². The third-order valence-corrected chi connectivity index (χ3v) is 3.68. The minimum Gasteiger partial charge on any atom is -0.387 e. The average molecular weight is 272 g/mol. The summed E-state index contributed by atoms with van der Waals surface area (Å²) in [6.45, 7) is 6.52. The van der Waals surface area contributed by atoms with Crippen LogP contribution in [0.15, 0.2) is 18.2 Å². The molecule has 1 unspecified atom stereocenters. The molecule has 1 aromatic carbocycles. The van der Waals surface area contributed by atoms with E-state index in [1.165, 1.54) is 11.1 Å². The fourth-order valence-corrected chi connectivity index (χ4v) is 1.39. The highest BCUT2D eigenvalue weighted by Gasteiger charge is 2.17. The molecule has 15 heavy (non-hydrogen) atoms. The van der Waals surface area contributed by atoms with E-state index in [-0.39, 0.29) is 0 Å². The fourth-order valence-electron chi connectivity index (χ4n) is 1.19. The van der Waals surface area contributed by atoms with Crippen molar-refractivity contribution in [2.24, 2.45) is 0 Å². The largest absolute Gasteiger partial charge is 0.387 e. The Morgan fingerprint density at radius 3 is 2.53 bits per heavy atom. The van der Waals surface area contributed by atoms with Crippen LogP contribution in [0.1, 0.15) is 18.1 Å². The summed E-state index contributed by atoms with van der Waals surface area (Å²) in [5.41, 5.74) is 2.89. The molecule has 0 saturated heterocycles. The smallest absolute Gasteiger partial charge is 0.0887 e. The molecule has 2 nitrogen and oxygen atoms in total. The highest BCUT2D eigenvalue weighted by Crippen LogP contribution is 2.15. The zero-order valence-corrected chi connectivity index (χ0v) is 11.1. The van der Waals surface area contributed by atoms with Gasteiger partial charge in [0.2, 0.25) is 0 Å². The first-order valence-electron chi connectivity index (χ1n) is 5.04. The minimum absolute atomic E-state index is 0.542. The van der Waals surface area contributed by atoms with Crippen molar-refractivity contribution in [3.63, 3.8) is 0 Å². The van der Waals surface area contributed by atoms with E-state index in [2.05, 4.69) is 47.2 Å². The molecule has 1 rings (SSSR count). The Hall–Kier alpha value is -0.540. The van der Waals surface area contributed by atoms with E-state index in [9.17, 15) is 5.11 Å². The van der Waals surface area contributed by atoms with Crippen LogP contribution in [0.4, 0.5) is 5.69 Å². The van der Waals surface area contributed by atoms with Crippen molar-refractivity contribution in [2.45, 2.75) is 26.4 Å². The molecule has 0 aliphatic rings. The molecule has 0 bridgehead atoms. The normalized spacial score (nSPS) is 14.7. The van der Waals surface area contributed by atoms with Gasteiger partial charge in [-0.3, -0.25) is 0 Å². The van der Waals surface area contributed by atoms with Gasteiger partial charge in [-0.1, -0.05) is 22.0 Å². The molecular weight excluding hydrogens is 254 g/mol. The van der Waals surface area contributed by atoms with Gasteiger partial charge in [-0.15, -0.1) is 0 Å². The van der Waals surface area contributed by atoms with Gasteiger partial charge in [-0.2, -0.15) is 0 Å². The second-order valence-electron chi connectivity index (χ2n) is 4.28. The second kappa shape index (κ2) is 4.99. The molecule has 0 aromatic heterocycles. The van der Waals surface area contributed by atoms with Crippen molar-refractivity contribution in [1.82, 2.24) is 0 Å². The third-order valence-electron chi connectivity index (χ3n) is 2.47. The zero-order valence-electron chi connectivity index (χ0n) is 9.47. The third kappa shape index (κ3) is 3.84. The number of hydrogen-bond donors (Lipinski definition) is 2. The number of hydrogen-bond acceptors (Lipinski definition) is 2. The van der Waals surface area contributed by atoms with E-state index >= 15 is 0 Å². The van der Waals surface area contributed by atoms with Gasteiger partial charge in [0.1, 0.15) is 0 Å². The summed E-state index contributed by atoms with van der Waals surface area (Å²) >= 11 is 3.28. The lowest BCUT2D eigenvalue weighted by Crippen LogP contribution is -2.35. The number of aryl methyl sites for hydroxylation is 2. The van der Waals surface area contributed by atoms with Crippen LogP contribution in [0.5, 0.6) is 0 Å². The van der Waals surface area contributed by atoms with Gasteiger partial charge in [0.15, 0.2) is 0 Å². The molecule has 1 atom stereocenters. The summed E-state index contributed by atoms with van der Waals surface area (Å²) < 4.78 is 0. The van der Waals surface area contributed by atoms with Crippen molar-refractivity contribution in [3.8, 4) is 0 Å². The lowest BCUT2D eigenvalue weighted by molar-refractivity contribution is 0.101. The summed E-state index contributed by atoms with van der Waals surface area (Å²) in [5.74, 6) is 0. The Bertz CT molecular complexity index is 336. The Kier molecular flexibility index (Phi) is 4.17. The van der Waals surface area contributed by atoms with E-state index < -0.39 is 5.60 Å². The molecule has 0 heterocycles. The maximum absolute atomic E-state index is 9.80. The fraction of sp³-hybridized carbons (Fsp3) is 0.500. The first kappa shape index (κ1) is 12.5. The Labute approximate surface area is 99.8 Å². The molecule has 84 valence electrons. The van der Waals surface area contributed by atoms with E-state index in [0.29, 0.717) is 11.9 Å². The molecule has 0 saturated carbocycles. The molecule has 2 N–H and O–H groups in total. The molecule has 0 aliphatic heterocycles. The van der Waals surface area contributed by atoms with E-state index in [0.717, 1.165) is 5.69 Å². The Morgan fingerprint density at radius 2 is 2.00 bits per heavy atom. The van der Waals surface area contributed by atoms with Crippen LogP contribution in [0.25, 0.3) is 0 Å². The number of rotatable bonds is 4. The standard InChI is InChI=1S/C12H18BrNO/c1-9-4-5-11(6-10(9)2)14-8-12(3,15)7-13/h4-6,14-15H,7-8H2,1-3H3.